The van der Waals surface area contributed by atoms with Gasteiger partial charge in [0, 0.05) is 29.3 Å². The molecule has 0 aliphatic heterocycles. The molecule has 2 amide bonds. The van der Waals surface area contributed by atoms with E-state index in [2.05, 4.69) is 5.32 Å². The number of hydrogen-bond acceptors (Lipinski definition) is 3. The van der Waals surface area contributed by atoms with Crippen molar-refractivity contribution >= 4 is 29.4 Å². The highest BCUT2D eigenvalue weighted by Gasteiger charge is 2.13. The third-order valence-electron chi connectivity index (χ3n) is 2.71. The predicted molar refractivity (Wildman–Crippen MR) is 79.9 cm³/mol. The highest BCUT2D eigenvalue weighted by atomic mass is 35.5. The Bertz CT molecular complexity index is 400. The molecule has 0 saturated carbocycles. The molecule has 1 aromatic carbocycles. The normalized spacial score (nSPS) is 12.0. The summed E-state index contributed by atoms with van der Waals surface area (Å²) in [5.41, 5.74) is 0. The van der Waals surface area contributed by atoms with Gasteiger partial charge in [-0.05, 0) is 31.2 Å². The van der Waals surface area contributed by atoms with E-state index in [-0.39, 0.29) is 18.7 Å². The lowest BCUT2D eigenvalue weighted by atomic mass is 10.3. The number of aliphatic hydroxyl groups excluding tert-OH is 1. The number of aliphatic hydroxyl groups is 1. The van der Waals surface area contributed by atoms with Crippen LogP contribution in [0.15, 0.2) is 29.2 Å². The first-order valence-electron chi connectivity index (χ1n) is 6.04. The van der Waals surface area contributed by atoms with E-state index in [4.69, 9.17) is 16.7 Å². The minimum atomic E-state index is -0.177. The molecule has 0 radical (unpaired) electrons. The number of nitrogens with one attached hydrogen (secondary N) is 1. The van der Waals surface area contributed by atoms with Crippen molar-refractivity contribution in [3.63, 3.8) is 0 Å². The van der Waals surface area contributed by atoms with Crippen molar-refractivity contribution in [3.05, 3.63) is 29.3 Å². The zero-order valence-corrected chi connectivity index (χ0v) is 12.7. The van der Waals surface area contributed by atoms with Crippen LogP contribution >= 0.6 is 23.4 Å². The van der Waals surface area contributed by atoms with Gasteiger partial charge in [0.15, 0.2) is 0 Å². The van der Waals surface area contributed by atoms with Crippen LogP contribution in [0.2, 0.25) is 5.02 Å². The van der Waals surface area contributed by atoms with E-state index < -0.39 is 0 Å². The smallest absolute Gasteiger partial charge is 0.317 e. The zero-order chi connectivity index (χ0) is 14.3. The Morgan fingerprint density at radius 2 is 2.11 bits per heavy atom. The molecule has 6 heteroatoms. The molecule has 1 unspecified atom stereocenters. The van der Waals surface area contributed by atoms with E-state index in [1.54, 1.807) is 25.7 Å². The van der Waals surface area contributed by atoms with Crippen molar-refractivity contribution in [2.24, 2.45) is 0 Å². The number of likely N-dealkylation sites (N-methyl/N-ethyl adjacent to an activating group) is 1. The quantitative estimate of drug-likeness (QED) is 0.627. The molecule has 1 aromatic rings. The molecule has 1 atom stereocenters. The summed E-state index contributed by atoms with van der Waals surface area (Å²) in [6.45, 7) is 2.33. The van der Waals surface area contributed by atoms with Gasteiger partial charge < -0.3 is 15.3 Å². The monoisotopic (exact) mass is 302 g/mol. The second-order valence-electron chi connectivity index (χ2n) is 4.18. The molecule has 4 nitrogen and oxygen atoms in total. The van der Waals surface area contributed by atoms with Gasteiger partial charge in [-0.1, -0.05) is 11.6 Å². The van der Waals surface area contributed by atoms with Gasteiger partial charge in [0.25, 0.3) is 0 Å². The lowest BCUT2D eigenvalue weighted by molar-refractivity contribution is 0.158. The van der Waals surface area contributed by atoms with Gasteiger partial charge in [-0.3, -0.25) is 0 Å². The summed E-state index contributed by atoms with van der Waals surface area (Å²) in [5, 5.41) is 12.5. The van der Waals surface area contributed by atoms with Crippen molar-refractivity contribution in [2.45, 2.75) is 17.9 Å². The average Bonchev–Trinajstić information content (AvgIpc) is 2.43. The molecule has 0 saturated heterocycles. The predicted octanol–water partition coefficient (Wildman–Crippen LogP) is 2.45. The topological polar surface area (TPSA) is 52.6 Å². The second-order valence-corrected chi connectivity index (χ2v) is 5.78. The highest BCUT2D eigenvalue weighted by Crippen LogP contribution is 2.19. The molecule has 106 valence electrons. The summed E-state index contributed by atoms with van der Waals surface area (Å²) in [7, 11) is 1.67. The SMILES string of the molecule is CC(CO)N(C)C(=O)NCCSc1ccc(Cl)cc1. The van der Waals surface area contributed by atoms with E-state index in [9.17, 15) is 4.79 Å². The average molecular weight is 303 g/mol. The van der Waals surface area contributed by atoms with Crippen molar-refractivity contribution in [1.29, 1.82) is 0 Å². The Morgan fingerprint density at radius 3 is 2.68 bits per heavy atom. The molecule has 0 aromatic heterocycles. The Labute approximate surface area is 123 Å². The Hall–Kier alpha value is -0.910. The molecule has 0 aliphatic rings. The van der Waals surface area contributed by atoms with E-state index in [0.29, 0.717) is 6.54 Å². The highest BCUT2D eigenvalue weighted by molar-refractivity contribution is 7.99. The number of carbonyl (C=O) groups is 1. The number of rotatable bonds is 6. The number of nitrogens with zero attached hydrogens (tertiary/aromatic N) is 1. The van der Waals surface area contributed by atoms with Gasteiger partial charge in [0.1, 0.15) is 0 Å². The second kappa shape index (κ2) is 8.30. The van der Waals surface area contributed by atoms with Crippen molar-refractivity contribution in [2.75, 3.05) is 26.0 Å². The zero-order valence-electron chi connectivity index (χ0n) is 11.1. The first-order valence-corrected chi connectivity index (χ1v) is 7.41. The van der Waals surface area contributed by atoms with Gasteiger partial charge in [-0.2, -0.15) is 0 Å². The summed E-state index contributed by atoms with van der Waals surface area (Å²) in [6.07, 6.45) is 0. The lowest BCUT2D eigenvalue weighted by Gasteiger charge is -2.23. The molecule has 0 heterocycles. The van der Waals surface area contributed by atoms with Crippen LogP contribution in [0.5, 0.6) is 0 Å². The third-order valence-corrected chi connectivity index (χ3v) is 3.97. The summed E-state index contributed by atoms with van der Waals surface area (Å²) < 4.78 is 0. The van der Waals surface area contributed by atoms with Crippen molar-refractivity contribution < 1.29 is 9.90 Å². The molecule has 0 bridgehead atoms. The van der Waals surface area contributed by atoms with Crippen LogP contribution in [0, 0.1) is 0 Å². The van der Waals surface area contributed by atoms with Crippen LogP contribution in [0.1, 0.15) is 6.92 Å². The van der Waals surface area contributed by atoms with Gasteiger partial charge in [-0.15, -0.1) is 11.8 Å². The summed E-state index contributed by atoms with van der Waals surface area (Å²) >= 11 is 7.46. The maximum atomic E-state index is 11.7. The molecule has 0 aliphatic carbocycles. The number of hydrogen-bond donors (Lipinski definition) is 2. The summed E-state index contributed by atoms with van der Waals surface area (Å²) in [4.78, 5) is 14.3. The number of thioether (sulfide) groups is 1. The first kappa shape index (κ1) is 16.1. The standard InChI is InChI=1S/C13H19ClN2O2S/c1-10(9-17)16(2)13(18)15-7-8-19-12-5-3-11(14)4-6-12/h3-6,10,17H,7-9H2,1-2H3,(H,15,18). The van der Waals surface area contributed by atoms with E-state index in [0.717, 1.165) is 15.7 Å². The van der Waals surface area contributed by atoms with Crippen molar-refractivity contribution in [3.8, 4) is 0 Å². The minimum absolute atomic E-state index is 0.0382. The largest absolute Gasteiger partial charge is 0.394 e. The number of amides is 2. The Balaban J connectivity index is 2.23. The van der Waals surface area contributed by atoms with Crippen LogP contribution in [0.3, 0.4) is 0 Å². The third kappa shape index (κ3) is 5.72. The Morgan fingerprint density at radius 1 is 1.47 bits per heavy atom. The van der Waals surface area contributed by atoms with Crippen LogP contribution in [-0.4, -0.2) is 48.0 Å². The molecule has 2 N–H and O–H groups in total. The minimum Gasteiger partial charge on any atom is -0.394 e. The van der Waals surface area contributed by atoms with Gasteiger partial charge in [0.2, 0.25) is 0 Å². The molecule has 19 heavy (non-hydrogen) atoms. The molecule has 0 fully saturated rings. The van der Waals surface area contributed by atoms with Gasteiger partial charge >= 0.3 is 6.03 Å². The molecular weight excluding hydrogens is 284 g/mol. The number of carbonyl (C=O) groups excluding carboxylic acids is 1. The van der Waals surface area contributed by atoms with Gasteiger partial charge in [0.05, 0.1) is 12.6 Å². The van der Waals surface area contributed by atoms with Crippen molar-refractivity contribution in [1.82, 2.24) is 10.2 Å². The maximum absolute atomic E-state index is 11.7. The molecular formula is C13H19ClN2O2S. The molecule has 1 rings (SSSR count). The fourth-order valence-corrected chi connectivity index (χ4v) is 2.20. The summed E-state index contributed by atoms with van der Waals surface area (Å²) in [6, 6.07) is 7.25. The molecule has 0 spiro atoms. The lowest BCUT2D eigenvalue weighted by Crippen LogP contribution is -2.44. The number of halogens is 1. The van der Waals surface area contributed by atoms with E-state index >= 15 is 0 Å². The fraction of sp³-hybridized carbons (Fsp3) is 0.462. The number of urea groups is 1. The van der Waals surface area contributed by atoms with E-state index in [1.807, 2.05) is 24.3 Å². The van der Waals surface area contributed by atoms with Crippen LogP contribution in [0.4, 0.5) is 4.79 Å². The fourth-order valence-electron chi connectivity index (χ4n) is 1.31. The first-order chi connectivity index (χ1) is 9.04. The van der Waals surface area contributed by atoms with Crippen LogP contribution in [0.25, 0.3) is 0 Å². The Kier molecular flexibility index (Phi) is 7.05. The summed E-state index contributed by atoms with van der Waals surface area (Å²) in [5.74, 6) is 0.786. The van der Waals surface area contributed by atoms with E-state index in [1.165, 1.54) is 4.90 Å². The van der Waals surface area contributed by atoms with Crippen LogP contribution in [-0.2, 0) is 0 Å². The van der Waals surface area contributed by atoms with Crippen LogP contribution < -0.4 is 5.32 Å². The number of benzene rings is 1. The van der Waals surface area contributed by atoms with Gasteiger partial charge in [-0.25, -0.2) is 4.79 Å². The maximum Gasteiger partial charge on any atom is 0.317 e.